The zero-order valence-electron chi connectivity index (χ0n) is 13.0. The first-order valence-corrected chi connectivity index (χ1v) is 8.22. The Hall–Kier alpha value is -2.63. The third kappa shape index (κ3) is 4.68. The van der Waals surface area contributed by atoms with E-state index in [0.717, 1.165) is 5.56 Å². The smallest absolute Gasteiger partial charge is 0.257 e. The van der Waals surface area contributed by atoms with Crippen LogP contribution in [0.3, 0.4) is 0 Å². The second-order valence-corrected chi connectivity index (χ2v) is 6.04. The Labute approximate surface area is 155 Å². The molecule has 0 radical (unpaired) electrons. The minimum Gasteiger partial charge on any atom is -0.366 e. The average Bonchev–Trinajstić information content (AvgIpc) is 2.64. The number of rotatable bonds is 5. The molecule has 1 amide bonds. The minimum atomic E-state index is -0.272. The lowest BCUT2D eigenvalue weighted by atomic mass is 10.2. The Morgan fingerprint density at radius 2 is 1.80 bits per heavy atom. The Kier molecular flexibility index (Phi) is 5.48. The van der Waals surface area contributed by atoms with Gasteiger partial charge in [-0.3, -0.25) is 9.78 Å². The molecule has 2 heterocycles. The van der Waals surface area contributed by atoms with Gasteiger partial charge < -0.3 is 10.6 Å². The summed E-state index contributed by atoms with van der Waals surface area (Å²) in [6.07, 6.45) is 4.99. The summed E-state index contributed by atoms with van der Waals surface area (Å²) in [6, 6.07) is 12.2. The average molecular weight is 373 g/mol. The standard InChI is InChI=1S/C18H14Cl2N4O/c19-15-3-2-14(9-16(15)20)24-18(25)13-1-4-17(23-11-13)22-10-12-5-7-21-8-6-12/h1-9,11H,10H2,(H,22,23)(H,24,25). The number of anilines is 2. The highest BCUT2D eigenvalue weighted by atomic mass is 35.5. The van der Waals surface area contributed by atoms with E-state index in [9.17, 15) is 4.79 Å². The lowest BCUT2D eigenvalue weighted by molar-refractivity contribution is 0.102. The molecule has 2 N–H and O–H groups in total. The number of pyridine rings is 2. The molecule has 126 valence electrons. The van der Waals surface area contributed by atoms with Crippen molar-refractivity contribution in [2.45, 2.75) is 6.54 Å². The molecule has 5 nitrogen and oxygen atoms in total. The van der Waals surface area contributed by atoms with Crippen LogP contribution in [-0.2, 0) is 6.54 Å². The number of carbonyl (C=O) groups excluding carboxylic acids is 1. The molecule has 7 heteroatoms. The van der Waals surface area contributed by atoms with Crippen LogP contribution >= 0.6 is 23.2 Å². The van der Waals surface area contributed by atoms with Gasteiger partial charge in [-0.2, -0.15) is 0 Å². The molecule has 0 bridgehead atoms. The molecule has 25 heavy (non-hydrogen) atoms. The van der Waals surface area contributed by atoms with Crippen LogP contribution in [0.5, 0.6) is 0 Å². The van der Waals surface area contributed by atoms with Crippen LogP contribution in [0.4, 0.5) is 11.5 Å². The van der Waals surface area contributed by atoms with Crippen molar-refractivity contribution in [2.24, 2.45) is 0 Å². The summed E-state index contributed by atoms with van der Waals surface area (Å²) in [5.41, 5.74) is 2.11. The van der Waals surface area contributed by atoms with Crippen molar-refractivity contribution in [1.29, 1.82) is 0 Å². The molecule has 0 saturated heterocycles. The number of carbonyl (C=O) groups is 1. The van der Waals surface area contributed by atoms with Gasteiger partial charge in [-0.1, -0.05) is 23.2 Å². The number of aromatic nitrogens is 2. The van der Waals surface area contributed by atoms with Crippen LogP contribution in [0, 0.1) is 0 Å². The predicted molar refractivity (Wildman–Crippen MR) is 100 cm³/mol. The third-order valence-corrected chi connectivity index (χ3v) is 4.17. The molecule has 3 aromatic rings. The number of nitrogens with one attached hydrogen (secondary N) is 2. The van der Waals surface area contributed by atoms with Crippen molar-refractivity contribution < 1.29 is 4.79 Å². The number of hydrogen-bond acceptors (Lipinski definition) is 4. The summed E-state index contributed by atoms with van der Waals surface area (Å²) in [5, 5.41) is 6.76. The summed E-state index contributed by atoms with van der Waals surface area (Å²) in [7, 11) is 0. The molecule has 0 unspecified atom stereocenters. The molecule has 0 aliphatic rings. The number of hydrogen-bond donors (Lipinski definition) is 2. The van der Waals surface area contributed by atoms with Crippen molar-refractivity contribution in [2.75, 3.05) is 10.6 Å². The van der Waals surface area contributed by atoms with E-state index in [-0.39, 0.29) is 5.91 Å². The highest BCUT2D eigenvalue weighted by Crippen LogP contribution is 2.25. The van der Waals surface area contributed by atoms with Crippen LogP contribution < -0.4 is 10.6 Å². The van der Waals surface area contributed by atoms with Crippen LogP contribution in [-0.4, -0.2) is 15.9 Å². The van der Waals surface area contributed by atoms with E-state index in [0.29, 0.717) is 33.7 Å². The fraction of sp³-hybridized carbons (Fsp3) is 0.0556. The third-order valence-electron chi connectivity index (χ3n) is 3.43. The normalized spacial score (nSPS) is 10.3. The first kappa shape index (κ1) is 17.2. The monoisotopic (exact) mass is 372 g/mol. The van der Waals surface area contributed by atoms with E-state index in [1.807, 2.05) is 12.1 Å². The quantitative estimate of drug-likeness (QED) is 0.683. The molecule has 0 aliphatic carbocycles. The Morgan fingerprint density at radius 1 is 1.00 bits per heavy atom. The second-order valence-electron chi connectivity index (χ2n) is 5.22. The van der Waals surface area contributed by atoms with Gasteiger partial charge in [0.2, 0.25) is 0 Å². The molecule has 0 saturated carbocycles. The van der Waals surface area contributed by atoms with Crippen molar-refractivity contribution >= 4 is 40.6 Å². The molecule has 2 aromatic heterocycles. The first-order chi connectivity index (χ1) is 12.1. The fourth-order valence-corrected chi connectivity index (χ4v) is 2.40. The van der Waals surface area contributed by atoms with Crippen molar-refractivity contribution in [3.05, 3.63) is 82.2 Å². The summed E-state index contributed by atoms with van der Waals surface area (Å²) >= 11 is 11.8. The lowest BCUT2D eigenvalue weighted by Crippen LogP contribution is -2.12. The van der Waals surface area contributed by atoms with E-state index in [2.05, 4.69) is 20.6 Å². The Balaban J connectivity index is 1.61. The summed E-state index contributed by atoms with van der Waals surface area (Å²) < 4.78 is 0. The first-order valence-electron chi connectivity index (χ1n) is 7.47. The summed E-state index contributed by atoms with van der Waals surface area (Å²) in [6.45, 7) is 0.629. The van der Waals surface area contributed by atoms with Gasteiger partial charge in [0.1, 0.15) is 5.82 Å². The Bertz CT molecular complexity index is 870. The van der Waals surface area contributed by atoms with Gasteiger partial charge in [-0.05, 0) is 48.0 Å². The highest BCUT2D eigenvalue weighted by molar-refractivity contribution is 6.42. The molecule has 0 aliphatic heterocycles. The fourth-order valence-electron chi connectivity index (χ4n) is 2.10. The van der Waals surface area contributed by atoms with Gasteiger partial charge in [0, 0.05) is 30.8 Å². The van der Waals surface area contributed by atoms with Crippen LogP contribution in [0.2, 0.25) is 10.0 Å². The number of amides is 1. The predicted octanol–water partition coefficient (Wildman–Crippen LogP) is 4.65. The summed E-state index contributed by atoms with van der Waals surface area (Å²) in [5.74, 6) is 0.412. The molecule has 0 atom stereocenters. The van der Waals surface area contributed by atoms with Crippen LogP contribution in [0.1, 0.15) is 15.9 Å². The number of nitrogens with zero attached hydrogens (tertiary/aromatic N) is 2. The molecule has 1 aromatic carbocycles. The lowest BCUT2D eigenvalue weighted by Gasteiger charge is -2.08. The van der Waals surface area contributed by atoms with Gasteiger partial charge in [0.15, 0.2) is 0 Å². The minimum absolute atomic E-state index is 0.272. The SMILES string of the molecule is O=C(Nc1ccc(Cl)c(Cl)c1)c1ccc(NCc2ccncc2)nc1. The second kappa shape index (κ2) is 7.96. The van der Waals surface area contributed by atoms with E-state index >= 15 is 0 Å². The molecule has 3 rings (SSSR count). The van der Waals surface area contributed by atoms with E-state index in [1.54, 1.807) is 42.7 Å². The van der Waals surface area contributed by atoms with Crippen molar-refractivity contribution in [3.63, 3.8) is 0 Å². The van der Waals surface area contributed by atoms with Crippen molar-refractivity contribution in [1.82, 2.24) is 9.97 Å². The molecular formula is C18H14Cl2N4O. The molecule has 0 spiro atoms. The number of benzene rings is 1. The van der Waals surface area contributed by atoms with E-state index in [4.69, 9.17) is 23.2 Å². The maximum atomic E-state index is 12.2. The number of halogens is 2. The van der Waals surface area contributed by atoms with Gasteiger partial charge in [0.05, 0.1) is 15.6 Å². The molecule has 0 fully saturated rings. The van der Waals surface area contributed by atoms with Gasteiger partial charge in [0.25, 0.3) is 5.91 Å². The topological polar surface area (TPSA) is 66.9 Å². The zero-order chi connectivity index (χ0) is 17.6. The van der Waals surface area contributed by atoms with Crippen molar-refractivity contribution in [3.8, 4) is 0 Å². The van der Waals surface area contributed by atoms with Crippen LogP contribution in [0.15, 0.2) is 61.1 Å². The van der Waals surface area contributed by atoms with Gasteiger partial charge in [-0.25, -0.2) is 4.98 Å². The van der Waals surface area contributed by atoms with Gasteiger partial charge >= 0.3 is 0 Å². The van der Waals surface area contributed by atoms with E-state index < -0.39 is 0 Å². The summed E-state index contributed by atoms with van der Waals surface area (Å²) in [4.78, 5) is 20.5. The molecular weight excluding hydrogens is 359 g/mol. The highest BCUT2D eigenvalue weighted by Gasteiger charge is 2.08. The van der Waals surface area contributed by atoms with Gasteiger partial charge in [-0.15, -0.1) is 0 Å². The van der Waals surface area contributed by atoms with Crippen LogP contribution in [0.25, 0.3) is 0 Å². The van der Waals surface area contributed by atoms with E-state index in [1.165, 1.54) is 6.20 Å². The maximum absolute atomic E-state index is 12.2. The Morgan fingerprint density at radius 3 is 2.48 bits per heavy atom. The largest absolute Gasteiger partial charge is 0.366 e. The maximum Gasteiger partial charge on any atom is 0.257 e. The zero-order valence-corrected chi connectivity index (χ0v) is 14.6.